The molecule has 0 spiro atoms. The van der Waals surface area contributed by atoms with E-state index < -0.39 is 22.5 Å². The van der Waals surface area contributed by atoms with Crippen LogP contribution in [-0.4, -0.2) is 31.1 Å². The molecule has 0 atom stereocenters. The summed E-state index contributed by atoms with van der Waals surface area (Å²) in [5.41, 5.74) is 1.66. The van der Waals surface area contributed by atoms with E-state index in [4.69, 9.17) is 4.42 Å². The zero-order valence-corrected chi connectivity index (χ0v) is 18.2. The summed E-state index contributed by atoms with van der Waals surface area (Å²) >= 11 is 0. The van der Waals surface area contributed by atoms with Gasteiger partial charge in [0.25, 0.3) is 0 Å². The summed E-state index contributed by atoms with van der Waals surface area (Å²) in [6.07, 6.45) is 2.91. The van der Waals surface area contributed by atoms with Crippen LogP contribution in [0, 0.1) is 0 Å². The molecule has 0 aliphatic rings. The van der Waals surface area contributed by atoms with Crippen LogP contribution in [0.15, 0.2) is 82.8 Å². The summed E-state index contributed by atoms with van der Waals surface area (Å²) in [5, 5.41) is 6.35. The van der Waals surface area contributed by atoms with E-state index in [9.17, 15) is 18.0 Å². The molecule has 0 unspecified atom stereocenters. The van der Waals surface area contributed by atoms with Gasteiger partial charge in [-0.25, -0.2) is 8.42 Å². The molecule has 9 heteroatoms. The number of sulfonamides is 1. The van der Waals surface area contributed by atoms with E-state index in [1.807, 2.05) is 6.07 Å². The van der Waals surface area contributed by atoms with Crippen molar-refractivity contribution in [3.63, 3.8) is 0 Å². The van der Waals surface area contributed by atoms with Crippen LogP contribution < -0.4 is 10.6 Å². The maximum Gasteiger partial charge on any atom is 0.239 e. The number of rotatable bonds is 9. The van der Waals surface area contributed by atoms with Crippen LogP contribution in [0.5, 0.6) is 0 Å². The molecule has 3 rings (SSSR count). The van der Waals surface area contributed by atoms with Gasteiger partial charge in [-0.2, -0.15) is 4.31 Å². The predicted molar refractivity (Wildman–Crippen MR) is 123 cm³/mol. The van der Waals surface area contributed by atoms with Crippen LogP contribution in [0.25, 0.3) is 6.08 Å². The van der Waals surface area contributed by atoms with Crippen molar-refractivity contribution in [1.82, 2.24) is 4.31 Å². The second-order valence-corrected chi connectivity index (χ2v) is 8.73. The van der Waals surface area contributed by atoms with Gasteiger partial charge in [0, 0.05) is 23.7 Å². The number of hydrogen-bond acceptors (Lipinski definition) is 5. The molecule has 2 amide bonds. The Morgan fingerprint density at radius 1 is 0.969 bits per heavy atom. The van der Waals surface area contributed by atoms with Crippen LogP contribution in [0.1, 0.15) is 18.2 Å². The zero-order chi connectivity index (χ0) is 23.0. The van der Waals surface area contributed by atoms with Crippen molar-refractivity contribution in [2.24, 2.45) is 0 Å². The third kappa shape index (κ3) is 6.93. The van der Waals surface area contributed by atoms with Gasteiger partial charge in [0.1, 0.15) is 5.76 Å². The highest BCUT2D eigenvalue weighted by Crippen LogP contribution is 2.17. The molecule has 0 radical (unpaired) electrons. The van der Waals surface area contributed by atoms with Crippen LogP contribution in [0.4, 0.5) is 11.4 Å². The van der Waals surface area contributed by atoms with Gasteiger partial charge in [0.15, 0.2) is 0 Å². The molecular formula is C23H23N3O5S. The normalized spacial score (nSPS) is 11.6. The molecule has 0 bridgehead atoms. The minimum atomic E-state index is -3.93. The van der Waals surface area contributed by atoms with Gasteiger partial charge >= 0.3 is 0 Å². The number of amides is 2. The van der Waals surface area contributed by atoms with Crippen molar-refractivity contribution >= 4 is 39.3 Å². The minimum absolute atomic E-state index is 0.103. The van der Waals surface area contributed by atoms with Crippen molar-refractivity contribution in [3.05, 3.63) is 89.7 Å². The first-order valence-electron chi connectivity index (χ1n) is 9.75. The Bertz CT molecular complexity index is 1190. The molecule has 0 fully saturated rings. The lowest BCUT2D eigenvalue weighted by atomic mass is 10.2. The van der Waals surface area contributed by atoms with E-state index in [0.717, 1.165) is 9.71 Å². The number of carbonyl (C=O) groups is 2. The molecule has 8 nitrogen and oxygen atoms in total. The summed E-state index contributed by atoms with van der Waals surface area (Å²) in [4.78, 5) is 23.9. The monoisotopic (exact) mass is 453 g/mol. The maximum atomic E-state index is 13.0. The molecule has 3 aromatic rings. The summed E-state index contributed by atoms with van der Waals surface area (Å²) < 4.78 is 32.2. The summed E-state index contributed by atoms with van der Waals surface area (Å²) in [7, 11) is -3.93. The summed E-state index contributed by atoms with van der Waals surface area (Å²) in [6.45, 7) is 0.853. The Hall–Kier alpha value is -3.69. The van der Waals surface area contributed by atoms with Crippen molar-refractivity contribution in [3.8, 4) is 0 Å². The van der Waals surface area contributed by atoms with Gasteiger partial charge < -0.3 is 15.1 Å². The molecular weight excluding hydrogens is 430 g/mol. The number of benzene rings is 2. The lowest BCUT2D eigenvalue weighted by molar-refractivity contribution is -0.116. The number of furan rings is 1. The number of hydrogen-bond donors (Lipinski definition) is 2. The number of nitrogens with zero attached hydrogens (tertiary/aromatic N) is 1. The highest BCUT2D eigenvalue weighted by Gasteiger charge is 2.24. The van der Waals surface area contributed by atoms with E-state index >= 15 is 0 Å². The van der Waals surface area contributed by atoms with Crippen molar-refractivity contribution < 1.29 is 22.4 Å². The standard InChI is InChI=1S/C23H23N3O5S/c1-18(27)24-20-9-5-10-21(15-20)25-23(28)17-26(16-22-11-6-13-31-22)32(29,30)14-12-19-7-3-2-4-8-19/h2-15H,16-17H2,1H3,(H,24,27)(H,25,28)/b14-12+. The average Bonchev–Trinajstić information content (AvgIpc) is 3.26. The topological polar surface area (TPSA) is 109 Å². The first-order valence-corrected chi connectivity index (χ1v) is 11.3. The Kier molecular flexibility index (Phi) is 7.58. The van der Waals surface area contributed by atoms with Gasteiger partial charge in [-0.05, 0) is 42.0 Å². The van der Waals surface area contributed by atoms with Crippen LogP contribution in [0.3, 0.4) is 0 Å². The second-order valence-electron chi connectivity index (χ2n) is 6.92. The Morgan fingerprint density at radius 3 is 2.34 bits per heavy atom. The van der Waals surface area contributed by atoms with Crippen molar-refractivity contribution in [1.29, 1.82) is 0 Å². The quantitative estimate of drug-likeness (QED) is 0.514. The number of nitrogens with one attached hydrogen (secondary N) is 2. The molecule has 32 heavy (non-hydrogen) atoms. The summed E-state index contributed by atoms with van der Waals surface area (Å²) in [6, 6.07) is 18.8. The number of carbonyl (C=O) groups excluding carboxylic acids is 2. The van der Waals surface area contributed by atoms with E-state index in [0.29, 0.717) is 22.7 Å². The van der Waals surface area contributed by atoms with Gasteiger partial charge in [-0.15, -0.1) is 0 Å². The third-order valence-corrected chi connectivity index (χ3v) is 5.75. The fourth-order valence-corrected chi connectivity index (χ4v) is 3.97. The highest BCUT2D eigenvalue weighted by molar-refractivity contribution is 7.92. The fourth-order valence-electron chi connectivity index (χ4n) is 2.87. The Morgan fingerprint density at radius 2 is 1.69 bits per heavy atom. The lowest BCUT2D eigenvalue weighted by Crippen LogP contribution is -2.36. The highest BCUT2D eigenvalue weighted by atomic mass is 32.2. The zero-order valence-electron chi connectivity index (χ0n) is 17.4. The molecule has 0 aliphatic heterocycles. The molecule has 1 heterocycles. The average molecular weight is 454 g/mol. The lowest BCUT2D eigenvalue weighted by Gasteiger charge is -2.19. The van der Waals surface area contributed by atoms with E-state index in [2.05, 4.69) is 10.6 Å². The molecule has 166 valence electrons. The van der Waals surface area contributed by atoms with Crippen LogP contribution >= 0.6 is 0 Å². The van der Waals surface area contributed by atoms with Crippen LogP contribution in [-0.2, 0) is 26.2 Å². The predicted octanol–water partition coefficient (Wildman–Crippen LogP) is 3.68. The number of anilines is 2. The Labute approximate surface area is 186 Å². The minimum Gasteiger partial charge on any atom is -0.468 e. The van der Waals surface area contributed by atoms with E-state index in [1.165, 1.54) is 19.3 Å². The van der Waals surface area contributed by atoms with Gasteiger partial charge in [0.05, 0.1) is 19.4 Å². The fraction of sp³-hybridized carbons (Fsp3) is 0.130. The second kappa shape index (κ2) is 10.6. The van der Waals surface area contributed by atoms with Gasteiger partial charge in [-0.3, -0.25) is 9.59 Å². The Balaban J connectivity index is 1.76. The van der Waals surface area contributed by atoms with E-state index in [1.54, 1.807) is 60.7 Å². The first kappa shape index (κ1) is 23.0. The summed E-state index contributed by atoms with van der Waals surface area (Å²) in [5.74, 6) is -0.371. The van der Waals surface area contributed by atoms with Crippen molar-refractivity contribution in [2.75, 3.05) is 17.2 Å². The smallest absolute Gasteiger partial charge is 0.239 e. The van der Waals surface area contributed by atoms with Gasteiger partial charge in [0.2, 0.25) is 21.8 Å². The molecule has 1 aromatic heterocycles. The third-order valence-electron chi connectivity index (χ3n) is 4.29. The van der Waals surface area contributed by atoms with Crippen LogP contribution in [0.2, 0.25) is 0 Å². The molecule has 2 aromatic carbocycles. The molecule has 2 N–H and O–H groups in total. The molecule has 0 saturated heterocycles. The van der Waals surface area contributed by atoms with E-state index in [-0.39, 0.29) is 12.5 Å². The molecule has 0 aliphatic carbocycles. The van der Waals surface area contributed by atoms with Crippen molar-refractivity contribution in [2.45, 2.75) is 13.5 Å². The SMILES string of the molecule is CC(=O)Nc1cccc(NC(=O)CN(Cc2ccco2)S(=O)(=O)/C=C/c2ccccc2)c1. The van der Waals surface area contributed by atoms with Gasteiger partial charge in [-0.1, -0.05) is 36.4 Å². The maximum absolute atomic E-state index is 13.0. The largest absolute Gasteiger partial charge is 0.468 e. The molecule has 0 saturated carbocycles. The first-order chi connectivity index (χ1) is 15.3.